The smallest absolute Gasteiger partial charge is 0.416 e. The van der Waals surface area contributed by atoms with Crippen LogP contribution < -0.4 is 10.6 Å². The molecule has 0 aliphatic rings. The average Bonchev–Trinajstić information content (AvgIpc) is 3.44. The van der Waals surface area contributed by atoms with E-state index in [9.17, 15) is 27.9 Å². The number of hydrogen-bond donors (Lipinski definition) is 4. The molecule has 0 saturated carbocycles. The number of imidazole rings is 1. The molecule has 4 N–H and O–H groups in total. The summed E-state index contributed by atoms with van der Waals surface area (Å²) in [6, 6.07) is 3.81. The van der Waals surface area contributed by atoms with Crippen molar-refractivity contribution in [2.75, 3.05) is 7.05 Å². The summed E-state index contributed by atoms with van der Waals surface area (Å²) >= 11 is 0. The van der Waals surface area contributed by atoms with Crippen molar-refractivity contribution in [2.45, 2.75) is 19.1 Å². The fourth-order valence-electron chi connectivity index (χ4n) is 3.07. The van der Waals surface area contributed by atoms with E-state index in [1.54, 1.807) is 6.92 Å². The number of carbonyl (C=O) groups excluding carboxylic acids is 2. The maximum atomic E-state index is 12.9. The third-order valence-electron chi connectivity index (χ3n) is 4.84. The second-order valence-electron chi connectivity index (χ2n) is 7.12. The first-order chi connectivity index (χ1) is 16.1. The fraction of sp³-hybridized carbons (Fsp3) is 0.200. The lowest BCUT2D eigenvalue weighted by atomic mass is 10.2. The molecule has 0 spiro atoms. The SMILES string of the molecule is CNC(=O)c1ncnc(C(=O)N[C@H](C)c2cc(-c3nc4cc(C(F)(F)F)ccc4[nH]3)no2)c1O. The summed E-state index contributed by atoms with van der Waals surface area (Å²) in [4.78, 5) is 38.6. The van der Waals surface area contributed by atoms with Crippen LogP contribution in [0.25, 0.3) is 22.6 Å². The van der Waals surface area contributed by atoms with Gasteiger partial charge in [-0.1, -0.05) is 5.16 Å². The van der Waals surface area contributed by atoms with E-state index in [0.717, 1.165) is 18.5 Å². The summed E-state index contributed by atoms with van der Waals surface area (Å²) in [6.07, 6.45) is -3.54. The second-order valence-corrected chi connectivity index (χ2v) is 7.12. The Labute approximate surface area is 188 Å². The highest BCUT2D eigenvalue weighted by atomic mass is 19.4. The van der Waals surface area contributed by atoms with E-state index < -0.39 is 41.0 Å². The topological polar surface area (TPSA) is 159 Å². The van der Waals surface area contributed by atoms with Crippen molar-refractivity contribution in [3.63, 3.8) is 0 Å². The lowest BCUT2D eigenvalue weighted by molar-refractivity contribution is -0.137. The fourth-order valence-corrected chi connectivity index (χ4v) is 3.07. The van der Waals surface area contributed by atoms with Crippen molar-refractivity contribution in [3.8, 4) is 17.3 Å². The molecule has 0 radical (unpaired) electrons. The van der Waals surface area contributed by atoms with E-state index in [4.69, 9.17) is 4.52 Å². The van der Waals surface area contributed by atoms with Gasteiger partial charge in [0, 0.05) is 13.1 Å². The maximum absolute atomic E-state index is 12.9. The minimum Gasteiger partial charge on any atom is -0.504 e. The minimum absolute atomic E-state index is 0.0990. The molecule has 1 aromatic carbocycles. The van der Waals surface area contributed by atoms with Crippen LogP contribution in [-0.2, 0) is 6.18 Å². The van der Waals surface area contributed by atoms with E-state index in [2.05, 4.69) is 35.7 Å². The highest BCUT2D eigenvalue weighted by Crippen LogP contribution is 2.32. The Bertz CT molecular complexity index is 1400. The molecule has 4 aromatic rings. The first-order valence-corrected chi connectivity index (χ1v) is 9.69. The first kappa shape index (κ1) is 22.7. The van der Waals surface area contributed by atoms with Gasteiger partial charge in [-0.25, -0.2) is 15.0 Å². The molecule has 1 atom stereocenters. The number of hydrogen-bond acceptors (Lipinski definition) is 8. The van der Waals surface area contributed by atoms with Gasteiger partial charge in [0.15, 0.2) is 28.7 Å². The van der Waals surface area contributed by atoms with Crippen LogP contribution in [0.15, 0.2) is 35.1 Å². The van der Waals surface area contributed by atoms with E-state index in [1.165, 1.54) is 19.2 Å². The standard InChI is InChI=1S/C20H16F3N7O4/c1-8(27-19(33)15-16(31)14(18(32)24-2)25-7-26-15)13-6-12(30-34-13)17-28-10-4-3-9(20(21,22)23)5-11(10)29-17/h3-8,31H,1-2H3,(H,24,32)(H,27,33)(H,28,29)/t8-/m1/s1. The van der Waals surface area contributed by atoms with E-state index >= 15 is 0 Å². The number of nitrogens with zero attached hydrogens (tertiary/aromatic N) is 4. The highest BCUT2D eigenvalue weighted by Gasteiger charge is 2.31. The lowest BCUT2D eigenvalue weighted by Gasteiger charge is -2.11. The summed E-state index contributed by atoms with van der Waals surface area (Å²) in [6.45, 7) is 1.56. The van der Waals surface area contributed by atoms with Crippen LogP contribution in [0.1, 0.15) is 45.3 Å². The number of carbonyl (C=O) groups is 2. The number of benzene rings is 1. The summed E-state index contributed by atoms with van der Waals surface area (Å²) in [5, 5.41) is 18.8. The van der Waals surface area contributed by atoms with Gasteiger partial charge in [0.2, 0.25) is 0 Å². The van der Waals surface area contributed by atoms with E-state index in [1.807, 2.05) is 0 Å². The van der Waals surface area contributed by atoms with Crippen LogP contribution in [-0.4, -0.2) is 49.1 Å². The molecular weight excluding hydrogens is 459 g/mol. The molecule has 0 saturated heterocycles. The van der Waals surface area contributed by atoms with Crippen LogP contribution in [0, 0.1) is 0 Å². The van der Waals surface area contributed by atoms with Gasteiger partial charge in [-0.3, -0.25) is 9.59 Å². The molecule has 3 aromatic heterocycles. The van der Waals surface area contributed by atoms with Gasteiger partial charge in [0.05, 0.1) is 22.6 Å². The van der Waals surface area contributed by atoms with Gasteiger partial charge in [-0.05, 0) is 25.1 Å². The number of aromatic amines is 1. The number of alkyl halides is 3. The Morgan fingerprint density at radius 1 is 1.15 bits per heavy atom. The molecular formula is C20H16F3N7O4. The zero-order valence-corrected chi connectivity index (χ0v) is 17.6. The predicted molar refractivity (Wildman–Crippen MR) is 110 cm³/mol. The zero-order chi connectivity index (χ0) is 24.6. The Hall–Kier alpha value is -4.49. The molecule has 14 heteroatoms. The third kappa shape index (κ3) is 4.24. The number of aromatic hydroxyl groups is 1. The van der Waals surface area contributed by atoms with Crippen LogP contribution >= 0.6 is 0 Å². The van der Waals surface area contributed by atoms with Gasteiger partial charge >= 0.3 is 6.18 Å². The molecule has 2 amide bonds. The molecule has 0 bridgehead atoms. The summed E-state index contributed by atoms with van der Waals surface area (Å²) in [5.41, 5.74) is -0.939. The van der Waals surface area contributed by atoms with E-state index in [0.29, 0.717) is 5.52 Å². The molecule has 4 rings (SSSR count). The minimum atomic E-state index is -4.50. The predicted octanol–water partition coefficient (Wildman–Crippen LogP) is 2.58. The number of fused-ring (bicyclic) bond motifs is 1. The molecule has 34 heavy (non-hydrogen) atoms. The first-order valence-electron chi connectivity index (χ1n) is 9.69. The van der Waals surface area contributed by atoms with Crippen molar-refractivity contribution >= 4 is 22.8 Å². The van der Waals surface area contributed by atoms with Gasteiger partial charge in [0.1, 0.15) is 12.0 Å². The molecule has 0 unspecified atom stereocenters. The van der Waals surface area contributed by atoms with Crippen molar-refractivity contribution in [1.82, 2.24) is 35.7 Å². The average molecular weight is 475 g/mol. The summed E-state index contributed by atoms with van der Waals surface area (Å²) in [5.74, 6) is -1.83. The molecule has 3 heterocycles. The van der Waals surface area contributed by atoms with Crippen molar-refractivity contribution in [3.05, 3.63) is 53.3 Å². The van der Waals surface area contributed by atoms with Crippen molar-refractivity contribution < 1.29 is 32.4 Å². The van der Waals surface area contributed by atoms with Gasteiger partial charge in [0.25, 0.3) is 11.8 Å². The summed E-state index contributed by atoms with van der Waals surface area (Å²) < 4.78 is 44.0. The van der Waals surface area contributed by atoms with Gasteiger partial charge < -0.3 is 25.2 Å². The largest absolute Gasteiger partial charge is 0.504 e. The Morgan fingerprint density at radius 3 is 2.53 bits per heavy atom. The number of H-pyrrole nitrogens is 1. The molecule has 0 aliphatic carbocycles. The van der Waals surface area contributed by atoms with E-state index in [-0.39, 0.29) is 28.5 Å². The Balaban J connectivity index is 1.53. The van der Waals surface area contributed by atoms with Crippen LogP contribution in [0.4, 0.5) is 13.2 Å². The quantitative estimate of drug-likeness (QED) is 0.343. The van der Waals surface area contributed by atoms with Crippen LogP contribution in [0.3, 0.4) is 0 Å². The lowest BCUT2D eigenvalue weighted by Crippen LogP contribution is -2.28. The number of rotatable bonds is 5. The normalized spacial score (nSPS) is 12.5. The maximum Gasteiger partial charge on any atom is 0.416 e. The molecule has 11 nitrogen and oxygen atoms in total. The molecule has 176 valence electrons. The Morgan fingerprint density at radius 2 is 1.85 bits per heavy atom. The second kappa shape index (κ2) is 8.46. The van der Waals surface area contributed by atoms with Crippen molar-refractivity contribution in [2.24, 2.45) is 0 Å². The number of halogens is 3. The number of amides is 2. The summed E-state index contributed by atoms with van der Waals surface area (Å²) in [7, 11) is 1.34. The highest BCUT2D eigenvalue weighted by molar-refractivity contribution is 6.01. The molecule has 0 fully saturated rings. The van der Waals surface area contributed by atoms with Crippen molar-refractivity contribution in [1.29, 1.82) is 0 Å². The zero-order valence-electron chi connectivity index (χ0n) is 17.6. The monoisotopic (exact) mass is 475 g/mol. The van der Waals surface area contributed by atoms with Gasteiger partial charge in [-0.15, -0.1) is 0 Å². The van der Waals surface area contributed by atoms with Gasteiger partial charge in [-0.2, -0.15) is 13.2 Å². The number of aromatic nitrogens is 5. The number of nitrogens with one attached hydrogen (secondary N) is 3. The molecule has 0 aliphatic heterocycles. The Kier molecular flexibility index (Phi) is 5.65. The van der Waals surface area contributed by atoms with Crippen LogP contribution in [0.5, 0.6) is 5.75 Å². The van der Waals surface area contributed by atoms with Crippen LogP contribution in [0.2, 0.25) is 0 Å². The third-order valence-corrected chi connectivity index (χ3v) is 4.84.